The fourth-order valence-electron chi connectivity index (χ4n) is 2.29. The van der Waals surface area contributed by atoms with Crippen LogP contribution in [0, 0.1) is 0 Å². The molecule has 0 spiro atoms. The summed E-state index contributed by atoms with van der Waals surface area (Å²) in [5, 5.41) is 3.49. The quantitative estimate of drug-likeness (QED) is 0.747. The molecule has 1 N–H and O–H groups in total. The lowest BCUT2D eigenvalue weighted by Crippen LogP contribution is -2.37. The van der Waals surface area contributed by atoms with Gasteiger partial charge in [0.25, 0.3) is 5.91 Å². The van der Waals surface area contributed by atoms with E-state index in [2.05, 4.69) is 5.32 Å². The van der Waals surface area contributed by atoms with Crippen LogP contribution in [0.5, 0.6) is 11.5 Å². The van der Waals surface area contributed by atoms with Gasteiger partial charge in [-0.15, -0.1) is 0 Å². The van der Waals surface area contributed by atoms with Gasteiger partial charge >= 0.3 is 0 Å². The highest BCUT2D eigenvalue weighted by Crippen LogP contribution is 2.19. The lowest BCUT2D eigenvalue weighted by molar-refractivity contribution is -0.128. The van der Waals surface area contributed by atoms with Crippen molar-refractivity contribution >= 4 is 17.5 Å². The Morgan fingerprint density at radius 3 is 2.40 bits per heavy atom. The molecule has 0 aliphatic rings. The van der Waals surface area contributed by atoms with Crippen molar-refractivity contribution in [3.05, 3.63) is 59.1 Å². The van der Waals surface area contributed by atoms with E-state index in [0.717, 1.165) is 11.3 Å². The van der Waals surface area contributed by atoms with E-state index < -0.39 is 6.10 Å². The van der Waals surface area contributed by atoms with Gasteiger partial charge in [0.15, 0.2) is 6.10 Å². The van der Waals surface area contributed by atoms with Crippen molar-refractivity contribution in [2.45, 2.75) is 45.9 Å². The van der Waals surface area contributed by atoms with Gasteiger partial charge in [0.05, 0.1) is 6.10 Å². The van der Waals surface area contributed by atoms with Crippen LogP contribution in [0.1, 0.15) is 32.8 Å². The Morgan fingerprint density at radius 2 is 1.80 bits per heavy atom. The fraction of sp³-hybridized carbons (Fsp3) is 0.350. The molecule has 2 rings (SSSR count). The van der Waals surface area contributed by atoms with E-state index in [-0.39, 0.29) is 12.0 Å². The van der Waals surface area contributed by atoms with Crippen LogP contribution in [-0.4, -0.2) is 18.1 Å². The highest BCUT2D eigenvalue weighted by atomic mass is 35.5. The number of carbonyl (C=O) groups is 1. The minimum Gasteiger partial charge on any atom is -0.491 e. The molecule has 0 heterocycles. The monoisotopic (exact) mass is 361 g/mol. The van der Waals surface area contributed by atoms with Gasteiger partial charge in [0, 0.05) is 11.6 Å². The van der Waals surface area contributed by atoms with Gasteiger partial charge in [-0.1, -0.05) is 36.7 Å². The summed E-state index contributed by atoms with van der Waals surface area (Å²) in [6.45, 7) is 6.32. The largest absolute Gasteiger partial charge is 0.491 e. The van der Waals surface area contributed by atoms with Crippen LogP contribution < -0.4 is 14.8 Å². The maximum Gasteiger partial charge on any atom is 0.261 e. The van der Waals surface area contributed by atoms with Gasteiger partial charge in [-0.25, -0.2) is 0 Å². The Labute approximate surface area is 154 Å². The SMILES string of the molecule is CCC(Oc1cccc(Cl)c1)C(=O)NCc1ccc(OC(C)C)cc1. The summed E-state index contributed by atoms with van der Waals surface area (Å²) in [6, 6.07) is 14.7. The summed E-state index contributed by atoms with van der Waals surface area (Å²) in [5.74, 6) is 1.26. The van der Waals surface area contributed by atoms with E-state index in [1.807, 2.05) is 45.0 Å². The van der Waals surface area contributed by atoms with E-state index in [1.165, 1.54) is 0 Å². The van der Waals surface area contributed by atoms with Crippen molar-refractivity contribution in [2.24, 2.45) is 0 Å². The summed E-state index contributed by atoms with van der Waals surface area (Å²) < 4.78 is 11.3. The van der Waals surface area contributed by atoms with Gasteiger partial charge in [-0.2, -0.15) is 0 Å². The molecule has 0 bridgehead atoms. The van der Waals surface area contributed by atoms with E-state index in [0.29, 0.717) is 23.7 Å². The molecule has 1 amide bonds. The molecule has 0 saturated carbocycles. The Kier molecular flexibility index (Phi) is 7.14. The third kappa shape index (κ3) is 6.31. The molecule has 2 aromatic carbocycles. The Balaban J connectivity index is 1.89. The number of amides is 1. The lowest BCUT2D eigenvalue weighted by atomic mass is 10.2. The van der Waals surface area contributed by atoms with Crippen LogP contribution in [0.3, 0.4) is 0 Å². The van der Waals surface area contributed by atoms with Crippen molar-refractivity contribution in [1.29, 1.82) is 0 Å². The molecule has 1 atom stereocenters. The van der Waals surface area contributed by atoms with Gasteiger partial charge in [-0.3, -0.25) is 4.79 Å². The Hall–Kier alpha value is -2.20. The second kappa shape index (κ2) is 9.33. The summed E-state index contributed by atoms with van der Waals surface area (Å²) in [4.78, 5) is 12.4. The first-order valence-corrected chi connectivity index (χ1v) is 8.81. The highest BCUT2D eigenvalue weighted by molar-refractivity contribution is 6.30. The van der Waals surface area contributed by atoms with E-state index in [9.17, 15) is 4.79 Å². The predicted molar refractivity (Wildman–Crippen MR) is 100 cm³/mol. The molecule has 0 aliphatic carbocycles. The summed E-state index contributed by atoms with van der Waals surface area (Å²) >= 11 is 5.95. The molecule has 2 aromatic rings. The number of hydrogen-bond donors (Lipinski definition) is 1. The number of hydrogen-bond acceptors (Lipinski definition) is 3. The number of carbonyl (C=O) groups excluding carboxylic acids is 1. The number of nitrogens with one attached hydrogen (secondary N) is 1. The first-order valence-electron chi connectivity index (χ1n) is 8.43. The van der Waals surface area contributed by atoms with Crippen LogP contribution in [-0.2, 0) is 11.3 Å². The standard InChI is InChI=1S/C20H24ClNO3/c1-4-19(25-18-7-5-6-16(21)12-18)20(23)22-13-15-8-10-17(11-9-15)24-14(2)3/h5-12,14,19H,4,13H2,1-3H3,(H,22,23). The molecule has 0 aromatic heterocycles. The van der Waals surface area contributed by atoms with Crippen molar-refractivity contribution in [2.75, 3.05) is 0 Å². The average Bonchev–Trinajstić information content (AvgIpc) is 2.58. The predicted octanol–water partition coefficient (Wildman–Crippen LogP) is 4.60. The number of benzene rings is 2. The van der Waals surface area contributed by atoms with E-state index >= 15 is 0 Å². The normalized spacial score (nSPS) is 11.9. The molecule has 0 aliphatic heterocycles. The van der Waals surface area contributed by atoms with Gasteiger partial charge in [0.2, 0.25) is 0 Å². The van der Waals surface area contributed by atoms with Crippen LogP contribution in [0.2, 0.25) is 5.02 Å². The molecule has 0 radical (unpaired) electrons. The first-order chi connectivity index (χ1) is 12.0. The third-order valence-electron chi connectivity index (χ3n) is 3.50. The molecule has 1 unspecified atom stereocenters. The van der Waals surface area contributed by atoms with Gasteiger partial charge in [-0.05, 0) is 56.2 Å². The van der Waals surface area contributed by atoms with Crippen LogP contribution in [0.15, 0.2) is 48.5 Å². The van der Waals surface area contributed by atoms with Gasteiger partial charge < -0.3 is 14.8 Å². The average molecular weight is 362 g/mol. The summed E-state index contributed by atoms with van der Waals surface area (Å²) in [7, 11) is 0. The second-order valence-electron chi connectivity index (χ2n) is 6.00. The van der Waals surface area contributed by atoms with Crippen molar-refractivity contribution in [3.8, 4) is 11.5 Å². The topological polar surface area (TPSA) is 47.6 Å². The van der Waals surface area contributed by atoms with Gasteiger partial charge in [0.1, 0.15) is 11.5 Å². The van der Waals surface area contributed by atoms with E-state index in [1.54, 1.807) is 24.3 Å². The third-order valence-corrected chi connectivity index (χ3v) is 3.73. The molecule has 25 heavy (non-hydrogen) atoms. The molecular formula is C20H24ClNO3. The number of ether oxygens (including phenoxy) is 2. The molecule has 134 valence electrons. The maximum atomic E-state index is 12.4. The lowest BCUT2D eigenvalue weighted by Gasteiger charge is -2.17. The van der Waals surface area contributed by atoms with E-state index in [4.69, 9.17) is 21.1 Å². The Morgan fingerprint density at radius 1 is 1.08 bits per heavy atom. The second-order valence-corrected chi connectivity index (χ2v) is 6.44. The first kappa shape index (κ1) is 19.1. The molecular weight excluding hydrogens is 338 g/mol. The number of rotatable bonds is 8. The minimum absolute atomic E-state index is 0.138. The van der Waals surface area contributed by atoms with Crippen molar-refractivity contribution < 1.29 is 14.3 Å². The smallest absolute Gasteiger partial charge is 0.261 e. The minimum atomic E-state index is -0.554. The van der Waals surface area contributed by atoms with Crippen molar-refractivity contribution in [1.82, 2.24) is 5.32 Å². The van der Waals surface area contributed by atoms with Crippen LogP contribution >= 0.6 is 11.6 Å². The highest BCUT2D eigenvalue weighted by Gasteiger charge is 2.18. The molecule has 4 nitrogen and oxygen atoms in total. The molecule has 0 saturated heterocycles. The zero-order valence-corrected chi connectivity index (χ0v) is 15.5. The van der Waals surface area contributed by atoms with Crippen LogP contribution in [0.25, 0.3) is 0 Å². The summed E-state index contributed by atoms with van der Waals surface area (Å²) in [6.07, 6.45) is 0.154. The Bertz CT molecular complexity index is 686. The van der Waals surface area contributed by atoms with Crippen molar-refractivity contribution in [3.63, 3.8) is 0 Å². The zero-order chi connectivity index (χ0) is 18.2. The maximum absolute atomic E-state index is 12.4. The molecule has 0 fully saturated rings. The molecule has 5 heteroatoms. The zero-order valence-electron chi connectivity index (χ0n) is 14.8. The fourth-order valence-corrected chi connectivity index (χ4v) is 2.47. The number of halogens is 1. The van der Waals surface area contributed by atoms with Crippen LogP contribution in [0.4, 0.5) is 0 Å². The summed E-state index contributed by atoms with van der Waals surface area (Å²) in [5.41, 5.74) is 1.00.